The van der Waals surface area contributed by atoms with Crippen molar-refractivity contribution in [2.45, 2.75) is 18.9 Å². The Morgan fingerprint density at radius 3 is 2.65 bits per heavy atom. The molecule has 3 aromatic rings. The summed E-state index contributed by atoms with van der Waals surface area (Å²) in [6.45, 7) is 1.74. The van der Waals surface area contributed by atoms with Crippen LogP contribution in [0.3, 0.4) is 0 Å². The summed E-state index contributed by atoms with van der Waals surface area (Å²) in [7, 11) is 0. The summed E-state index contributed by atoms with van der Waals surface area (Å²) in [5.74, 6) is 1.80. The average molecular weight is 309 g/mol. The fraction of sp³-hybridized carbons (Fsp3) is 0.353. The molecule has 23 heavy (non-hydrogen) atoms. The highest BCUT2D eigenvalue weighted by Crippen LogP contribution is 2.30. The maximum atomic E-state index is 10.4. The zero-order valence-corrected chi connectivity index (χ0v) is 12.8. The minimum atomic E-state index is -0.519. The first-order chi connectivity index (χ1) is 11.3. The molecule has 2 aromatic heterocycles. The molecule has 3 heterocycles. The number of hydrogen-bond donors (Lipinski definition) is 2. The van der Waals surface area contributed by atoms with Crippen molar-refractivity contribution in [1.82, 2.24) is 19.9 Å². The van der Waals surface area contributed by atoms with E-state index in [2.05, 4.69) is 19.9 Å². The van der Waals surface area contributed by atoms with Gasteiger partial charge in [-0.1, -0.05) is 12.1 Å². The summed E-state index contributed by atoms with van der Waals surface area (Å²) in [6, 6.07) is 7.91. The van der Waals surface area contributed by atoms with E-state index in [1.807, 2.05) is 30.5 Å². The number of benzene rings is 1. The molecule has 0 unspecified atom stereocenters. The second-order valence-electron chi connectivity index (χ2n) is 5.96. The van der Waals surface area contributed by atoms with Crippen LogP contribution in [0.15, 0.2) is 42.9 Å². The number of fused-ring (bicyclic) bond motifs is 1. The molecular formula is C17H19N5O. The van der Waals surface area contributed by atoms with Crippen LogP contribution in [0.2, 0.25) is 0 Å². The lowest BCUT2D eigenvalue weighted by molar-refractivity contribution is 0.0856. The first-order valence-corrected chi connectivity index (χ1v) is 7.95. The molecule has 0 spiro atoms. The molecule has 0 bridgehead atoms. The van der Waals surface area contributed by atoms with Gasteiger partial charge >= 0.3 is 0 Å². The largest absolute Gasteiger partial charge is 0.385 e. The third-order valence-electron chi connectivity index (χ3n) is 4.55. The van der Waals surface area contributed by atoms with Crippen LogP contribution in [0.5, 0.6) is 0 Å². The highest BCUT2D eigenvalue weighted by atomic mass is 16.3. The number of imidazole rings is 1. The fourth-order valence-electron chi connectivity index (χ4n) is 3.21. The van der Waals surface area contributed by atoms with Crippen molar-refractivity contribution in [3.05, 3.63) is 48.7 Å². The summed E-state index contributed by atoms with van der Waals surface area (Å²) in [4.78, 5) is 18.6. The van der Waals surface area contributed by atoms with Crippen LogP contribution in [0.1, 0.15) is 24.8 Å². The zero-order valence-electron chi connectivity index (χ0n) is 12.8. The van der Waals surface area contributed by atoms with E-state index in [9.17, 15) is 5.11 Å². The van der Waals surface area contributed by atoms with Crippen molar-refractivity contribution in [3.8, 4) is 0 Å². The van der Waals surface area contributed by atoms with E-state index in [0.717, 1.165) is 42.8 Å². The molecule has 0 radical (unpaired) electrons. The van der Waals surface area contributed by atoms with E-state index in [0.29, 0.717) is 5.82 Å². The number of hydrogen-bond acceptors (Lipinski definition) is 5. The van der Waals surface area contributed by atoms with E-state index in [1.165, 1.54) is 0 Å². The number of anilines is 1. The van der Waals surface area contributed by atoms with Crippen LogP contribution < -0.4 is 4.90 Å². The molecule has 6 heteroatoms. The molecule has 0 saturated carbocycles. The molecule has 0 amide bonds. The van der Waals surface area contributed by atoms with Gasteiger partial charge in [-0.3, -0.25) is 4.98 Å². The van der Waals surface area contributed by atoms with Gasteiger partial charge in [-0.05, 0) is 30.9 Å². The van der Waals surface area contributed by atoms with Gasteiger partial charge in [0.25, 0.3) is 0 Å². The molecule has 1 aliphatic rings. The SMILES string of the molecule is O[C@H](c1ncc[nH]1)C1CCN(c2cnc3ccccc3n2)CC1. The van der Waals surface area contributed by atoms with Gasteiger partial charge in [-0.2, -0.15) is 0 Å². The molecule has 1 atom stereocenters. The Kier molecular flexibility index (Phi) is 3.67. The number of rotatable bonds is 3. The van der Waals surface area contributed by atoms with Gasteiger partial charge in [0, 0.05) is 25.5 Å². The Balaban J connectivity index is 1.46. The van der Waals surface area contributed by atoms with E-state index in [-0.39, 0.29) is 5.92 Å². The number of aliphatic hydroxyl groups is 1. The first kappa shape index (κ1) is 14.1. The second-order valence-corrected chi connectivity index (χ2v) is 5.96. The molecule has 1 saturated heterocycles. The van der Waals surface area contributed by atoms with Gasteiger partial charge in [0.2, 0.25) is 0 Å². The van der Waals surface area contributed by atoms with Gasteiger partial charge in [-0.25, -0.2) is 9.97 Å². The number of piperidine rings is 1. The van der Waals surface area contributed by atoms with Crippen molar-refractivity contribution in [2.75, 3.05) is 18.0 Å². The van der Waals surface area contributed by atoms with Crippen molar-refractivity contribution in [3.63, 3.8) is 0 Å². The Morgan fingerprint density at radius 1 is 1.13 bits per heavy atom. The van der Waals surface area contributed by atoms with E-state index in [4.69, 9.17) is 4.98 Å². The van der Waals surface area contributed by atoms with Gasteiger partial charge in [0.1, 0.15) is 17.7 Å². The van der Waals surface area contributed by atoms with Crippen LogP contribution in [0.25, 0.3) is 11.0 Å². The third-order valence-corrected chi connectivity index (χ3v) is 4.55. The predicted octanol–water partition coefficient (Wildman–Crippen LogP) is 2.30. The molecule has 2 N–H and O–H groups in total. The lowest BCUT2D eigenvalue weighted by Gasteiger charge is -2.34. The smallest absolute Gasteiger partial charge is 0.147 e. The zero-order chi connectivity index (χ0) is 15.6. The first-order valence-electron chi connectivity index (χ1n) is 7.95. The summed E-state index contributed by atoms with van der Waals surface area (Å²) < 4.78 is 0. The Labute approximate surface area is 134 Å². The van der Waals surface area contributed by atoms with Gasteiger partial charge in [0.05, 0.1) is 17.2 Å². The number of H-pyrrole nitrogens is 1. The molecular weight excluding hydrogens is 290 g/mol. The Bertz CT molecular complexity index is 781. The van der Waals surface area contributed by atoms with Gasteiger partial charge < -0.3 is 15.0 Å². The van der Waals surface area contributed by atoms with Crippen LogP contribution >= 0.6 is 0 Å². The monoisotopic (exact) mass is 309 g/mol. The standard InChI is InChI=1S/C17H19N5O/c23-16(17-18-7-8-19-17)12-5-9-22(10-6-12)15-11-20-13-3-1-2-4-14(13)21-15/h1-4,7-8,11-12,16,23H,5-6,9-10H2,(H,18,19)/t16-/m0/s1. The topological polar surface area (TPSA) is 77.9 Å². The maximum absolute atomic E-state index is 10.4. The normalized spacial score (nSPS) is 17.5. The second kappa shape index (κ2) is 5.96. The van der Waals surface area contributed by atoms with Gasteiger partial charge in [0.15, 0.2) is 0 Å². The number of nitrogens with zero attached hydrogens (tertiary/aromatic N) is 4. The number of aromatic nitrogens is 4. The molecule has 1 fully saturated rings. The van der Waals surface area contributed by atoms with Crippen LogP contribution in [0, 0.1) is 5.92 Å². The van der Waals surface area contributed by atoms with Gasteiger partial charge in [-0.15, -0.1) is 0 Å². The lowest BCUT2D eigenvalue weighted by Crippen LogP contribution is -2.36. The minimum Gasteiger partial charge on any atom is -0.385 e. The Morgan fingerprint density at radius 2 is 1.91 bits per heavy atom. The summed E-state index contributed by atoms with van der Waals surface area (Å²) >= 11 is 0. The molecule has 1 aliphatic heterocycles. The molecule has 118 valence electrons. The molecule has 6 nitrogen and oxygen atoms in total. The van der Waals surface area contributed by atoms with Crippen molar-refractivity contribution < 1.29 is 5.11 Å². The van der Waals surface area contributed by atoms with E-state index in [1.54, 1.807) is 12.4 Å². The van der Waals surface area contributed by atoms with E-state index < -0.39 is 6.10 Å². The highest BCUT2D eigenvalue weighted by molar-refractivity contribution is 5.75. The number of aromatic amines is 1. The number of nitrogens with one attached hydrogen (secondary N) is 1. The Hall–Kier alpha value is -2.47. The quantitative estimate of drug-likeness (QED) is 0.776. The molecule has 1 aromatic carbocycles. The summed E-state index contributed by atoms with van der Waals surface area (Å²) in [5, 5.41) is 10.4. The summed E-state index contributed by atoms with van der Waals surface area (Å²) in [6.07, 6.45) is 6.57. The van der Waals surface area contributed by atoms with Crippen LogP contribution in [-0.2, 0) is 0 Å². The molecule has 4 rings (SSSR count). The highest BCUT2D eigenvalue weighted by Gasteiger charge is 2.28. The minimum absolute atomic E-state index is 0.228. The maximum Gasteiger partial charge on any atom is 0.147 e. The van der Waals surface area contributed by atoms with Crippen molar-refractivity contribution in [1.29, 1.82) is 0 Å². The van der Waals surface area contributed by atoms with Crippen molar-refractivity contribution in [2.24, 2.45) is 5.92 Å². The van der Waals surface area contributed by atoms with Crippen LogP contribution in [0.4, 0.5) is 5.82 Å². The predicted molar refractivity (Wildman–Crippen MR) is 88.0 cm³/mol. The van der Waals surface area contributed by atoms with Crippen LogP contribution in [-0.4, -0.2) is 38.1 Å². The third kappa shape index (κ3) is 2.77. The fourth-order valence-corrected chi connectivity index (χ4v) is 3.21. The number of aliphatic hydroxyl groups excluding tert-OH is 1. The van der Waals surface area contributed by atoms with E-state index >= 15 is 0 Å². The number of para-hydroxylation sites is 2. The molecule has 0 aliphatic carbocycles. The lowest BCUT2D eigenvalue weighted by atomic mass is 9.91. The average Bonchev–Trinajstić information content (AvgIpc) is 3.15. The summed E-state index contributed by atoms with van der Waals surface area (Å²) in [5.41, 5.74) is 1.84. The van der Waals surface area contributed by atoms with Crippen molar-refractivity contribution >= 4 is 16.9 Å².